The van der Waals surface area contributed by atoms with Crippen molar-refractivity contribution in [2.24, 2.45) is 7.05 Å². The van der Waals surface area contributed by atoms with Crippen molar-refractivity contribution in [3.05, 3.63) is 41.7 Å². The minimum atomic E-state index is -3.62. The fourth-order valence-electron chi connectivity index (χ4n) is 3.03. The summed E-state index contributed by atoms with van der Waals surface area (Å²) in [7, 11) is -0.692. The number of amides is 2. The molecule has 1 aromatic carbocycles. The molecule has 2 aromatic rings. The summed E-state index contributed by atoms with van der Waals surface area (Å²) < 4.78 is 27.4. The van der Waals surface area contributed by atoms with Gasteiger partial charge in [0.05, 0.1) is 0 Å². The Labute approximate surface area is 151 Å². The molecule has 2 N–H and O–H groups in total. The van der Waals surface area contributed by atoms with Gasteiger partial charge in [-0.05, 0) is 43.3 Å². The Morgan fingerprint density at radius 3 is 2.58 bits per heavy atom. The van der Waals surface area contributed by atoms with Gasteiger partial charge in [0.25, 0.3) is 5.91 Å². The predicted octanol–water partition coefficient (Wildman–Crippen LogP) is 1.09. The molecule has 0 aliphatic carbocycles. The summed E-state index contributed by atoms with van der Waals surface area (Å²) >= 11 is 0. The lowest BCUT2D eigenvalue weighted by molar-refractivity contribution is -0.116. The van der Waals surface area contributed by atoms with E-state index in [1.165, 1.54) is 30.8 Å². The first-order valence-corrected chi connectivity index (χ1v) is 9.53. The lowest BCUT2D eigenvalue weighted by Gasteiger charge is -2.15. The van der Waals surface area contributed by atoms with Gasteiger partial charge in [0.1, 0.15) is 10.6 Å². The van der Waals surface area contributed by atoms with Crippen LogP contribution in [0.15, 0.2) is 35.4 Å². The van der Waals surface area contributed by atoms with E-state index in [9.17, 15) is 18.0 Å². The summed E-state index contributed by atoms with van der Waals surface area (Å²) in [5, 5.41) is 2.78. The van der Waals surface area contributed by atoms with Gasteiger partial charge in [0.2, 0.25) is 15.9 Å². The highest BCUT2D eigenvalue weighted by Crippen LogP contribution is 2.30. The third-order valence-corrected chi connectivity index (χ3v) is 5.79. The van der Waals surface area contributed by atoms with Crippen LogP contribution in [0.4, 0.5) is 11.4 Å². The largest absolute Gasteiger partial charge is 0.345 e. The normalized spacial score (nSPS) is 13.6. The highest BCUT2D eigenvalue weighted by atomic mass is 32.2. The first-order valence-electron chi connectivity index (χ1n) is 8.05. The molecule has 2 heterocycles. The Morgan fingerprint density at radius 2 is 1.92 bits per heavy atom. The number of nitrogens with one attached hydrogen (secondary N) is 2. The van der Waals surface area contributed by atoms with E-state index in [2.05, 4.69) is 10.0 Å². The summed E-state index contributed by atoms with van der Waals surface area (Å²) in [5.41, 5.74) is 2.67. The van der Waals surface area contributed by atoms with Crippen molar-refractivity contribution in [2.45, 2.75) is 18.2 Å². The van der Waals surface area contributed by atoms with Crippen LogP contribution in [0.2, 0.25) is 0 Å². The molecule has 0 unspecified atom stereocenters. The monoisotopic (exact) mass is 376 g/mol. The Balaban J connectivity index is 1.83. The number of carbonyl (C=O) groups excluding carboxylic acids is 2. The molecule has 2 amide bonds. The smallest absolute Gasteiger partial charge is 0.272 e. The van der Waals surface area contributed by atoms with Crippen LogP contribution in [0.1, 0.15) is 23.0 Å². The van der Waals surface area contributed by atoms with Crippen molar-refractivity contribution >= 4 is 33.2 Å². The maximum atomic E-state index is 12.5. The van der Waals surface area contributed by atoms with Crippen LogP contribution in [0.5, 0.6) is 0 Å². The first-order chi connectivity index (χ1) is 12.2. The molecule has 0 atom stereocenters. The van der Waals surface area contributed by atoms with Gasteiger partial charge in [-0.15, -0.1) is 0 Å². The quantitative estimate of drug-likeness (QED) is 0.834. The van der Waals surface area contributed by atoms with Crippen molar-refractivity contribution in [3.63, 3.8) is 0 Å². The number of carbonyl (C=O) groups is 2. The summed E-state index contributed by atoms with van der Waals surface area (Å²) in [6, 6.07) is 6.70. The van der Waals surface area contributed by atoms with Gasteiger partial charge in [0, 0.05) is 38.1 Å². The van der Waals surface area contributed by atoms with Crippen molar-refractivity contribution in [2.75, 3.05) is 23.8 Å². The second kappa shape index (κ2) is 6.58. The van der Waals surface area contributed by atoms with Gasteiger partial charge >= 0.3 is 0 Å². The number of sulfonamides is 1. The van der Waals surface area contributed by atoms with Crippen molar-refractivity contribution in [1.82, 2.24) is 9.29 Å². The van der Waals surface area contributed by atoms with E-state index in [4.69, 9.17) is 0 Å². The van der Waals surface area contributed by atoms with Gasteiger partial charge < -0.3 is 14.8 Å². The molecule has 26 heavy (non-hydrogen) atoms. The zero-order valence-corrected chi connectivity index (χ0v) is 15.6. The standard InChI is InChI=1S/C17H20N4O4S/c1-11(22)21-7-6-12-8-13(4-5-15(12)21)19-17(23)16-9-14(10-20(16)3)26(24,25)18-2/h4-5,8-10,18H,6-7H2,1-3H3,(H,19,23). The van der Waals surface area contributed by atoms with Crippen LogP contribution in [0.3, 0.4) is 0 Å². The average molecular weight is 376 g/mol. The highest BCUT2D eigenvalue weighted by molar-refractivity contribution is 7.89. The average Bonchev–Trinajstić information content (AvgIpc) is 3.18. The molecule has 9 heteroatoms. The number of fused-ring (bicyclic) bond motifs is 1. The summed E-state index contributed by atoms with van der Waals surface area (Å²) in [4.78, 5) is 25.9. The number of benzene rings is 1. The van der Waals surface area contributed by atoms with Crippen molar-refractivity contribution in [1.29, 1.82) is 0 Å². The molecule has 0 radical (unpaired) electrons. The second-order valence-electron chi connectivity index (χ2n) is 6.10. The van der Waals surface area contributed by atoms with Gasteiger partial charge in [-0.1, -0.05) is 0 Å². The van der Waals surface area contributed by atoms with Crippen LogP contribution >= 0.6 is 0 Å². The molecule has 8 nitrogen and oxygen atoms in total. The first kappa shape index (κ1) is 18.2. The van der Waals surface area contributed by atoms with Crippen molar-refractivity contribution in [3.8, 4) is 0 Å². The topological polar surface area (TPSA) is 101 Å². The number of aromatic nitrogens is 1. The van der Waals surface area contributed by atoms with E-state index in [-0.39, 0.29) is 16.5 Å². The number of nitrogens with zero attached hydrogens (tertiary/aromatic N) is 2. The van der Waals surface area contributed by atoms with E-state index in [1.807, 2.05) is 6.07 Å². The molecule has 0 saturated heterocycles. The molecule has 1 aliphatic heterocycles. The van der Waals surface area contributed by atoms with Crippen LogP contribution in [0.25, 0.3) is 0 Å². The van der Waals surface area contributed by atoms with Gasteiger partial charge in [-0.2, -0.15) is 0 Å². The summed E-state index contributed by atoms with van der Waals surface area (Å²) in [6.07, 6.45) is 2.11. The van der Waals surface area contributed by atoms with E-state index < -0.39 is 15.9 Å². The molecule has 0 fully saturated rings. The van der Waals surface area contributed by atoms with E-state index in [1.54, 1.807) is 24.1 Å². The van der Waals surface area contributed by atoms with Gasteiger partial charge in [0.15, 0.2) is 0 Å². The minimum Gasteiger partial charge on any atom is -0.345 e. The molecule has 0 saturated carbocycles. The van der Waals surface area contributed by atoms with Crippen LogP contribution in [-0.4, -0.2) is 38.4 Å². The minimum absolute atomic E-state index is 0.0115. The Kier molecular flexibility index (Phi) is 4.59. The van der Waals surface area contributed by atoms with Crippen molar-refractivity contribution < 1.29 is 18.0 Å². The molecule has 0 bridgehead atoms. The Bertz CT molecular complexity index is 994. The SMILES string of the molecule is CNS(=O)(=O)c1cc(C(=O)Nc2ccc3c(c2)CCN3C(C)=O)n(C)c1. The highest BCUT2D eigenvalue weighted by Gasteiger charge is 2.23. The molecule has 0 spiro atoms. The fourth-order valence-corrected chi connectivity index (χ4v) is 3.83. The molecular weight excluding hydrogens is 356 g/mol. The molecule has 3 rings (SSSR count). The number of rotatable bonds is 4. The summed E-state index contributed by atoms with van der Waals surface area (Å²) in [5.74, 6) is -0.422. The predicted molar refractivity (Wildman–Crippen MR) is 97.8 cm³/mol. The number of anilines is 2. The van der Waals surface area contributed by atoms with Crippen LogP contribution in [0, 0.1) is 0 Å². The number of hydrogen-bond acceptors (Lipinski definition) is 4. The second-order valence-corrected chi connectivity index (χ2v) is 7.98. The zero-order chi connectivity index (χ0) is 19.1. The Hall–Kier alpha value is -2.65. The third-order valence-electron chi connectivity index (χ3n) is 4.40. The number of hydrogen-bond donors (Lipinski definition) is 2. The summed E-state index contributed by atoms with van der Waals surface area (Å²) in [6.45, 7) is 2.15. The third kappa shape index (κ3) is 3.23. The van der Waals surface area contributed by atoms with Crippen LogP contribution in [-0.2, 0) is 28.3 Å². The molecular formula is C17H20N4O4S. The lowest BCUT2D eigenvalue weighted by atomic mass is 10.1. The molecule has 1 aliphatic rings. The lowest BCUT2D eigenvalue weighted by Crippen LogP contribution is -2.25. The zero-order valence-electron chi connectivity index (χ0n) is 14.7. The van der Waals surface area contributed by atoms with E-state index in [0.29, 0.717) is 12.2 Å². The van der Waals surface area contributed by atoms with E-state index >= 15 is 0 Å². The maximum Gasteiger partial charge on any atom is 0.272 e. The van der Waals surface area contributed by atoms with Gasteiger partial charge in [-0.3, -0.25) is 9.59 Å². The fraction of sp³-hybridized carbons (Fsp3) is 0.294. The van der Waals surface area contributed by atoms with Gasteiger partial charge in [-0.25, -0.2) is 13.1 Å². The van der Waals surface area contributed by atoms with E-state index in [0.717, 1.165) is 17.7 Å². The Morgan fingerprint density at radius 1 is 1.19 bits per heavy atom. The maximum absolute atomic E-state index is 12.5. The molecule has 138 valence electrons. The van der Waals surface area contributed by atoms with Crippen LogP contribution < -0.4 is 14.9 Å². The molecule has 1 aromatic heterocycles. The number of aryl methyl sites for hydroxylation is 1.